The summed E-state index contributed by atoms with van der Waals surface area (Å²) in [7, 11) is 0. The van der Waals surface area contributed by atoms with Gasteiger partial charge in [-0.3, -0.25) is 9.59 Å². The number of ketones is 2. The minimum absolute atomic E-state index is 0.0504. The molecule has 0 radical (unpaired) electrons. The molecule has 5 nitrogen and oxygen atoms in total. The molecule has 0 aliphatic carbocycles. The van der Waals surface area contributed by atoms with Crippen LogP contribution >= 0.6 is 0 Å². The van der Waals surface area contributed by atoms with Crippen LogP contribution in [0.3, 0.4) is 0 Å². The first-order valence-electron chi connectivity index (χ1n) is 11.4. The van der Waals surface area contributed by atoms with Crippen molar-refractivity contribution in [2.24, 2.45) is 0 Å². The SMILES string of the molecule is CCNc1c(C(=O)C(F)(F)F)cc(C(=O)C(F)(F)F)c2c1ccc1c(C(F)(F)F)nc(-c3ccc(C)cc3)nc12. The number of hydrogen-bond acceptors (Lipinski definition) is 5. The molecule has 0 aliphatic rings. The first-order chi connectivity index (χ1) is 18.4. The maximum Gasteiger partial charge on any atom is 0.454 e. The molecule has 1 aromatic heterocycles. The Hall–Kier alpha value is -4.23. The maximum absolute atomic E-state index is 14.1. The molecule has 0 bridgehead atoms. The van der Waals surface area contributed by atoms with Crippen LogP contribution < -0.4 is 5.32 Å². The molecule has 14 heteroatoms. The van der Waals surface area contributed by atoms with Crippen LogP contribution in [0.25, 0.3) is 33.1 Å². The summed E-state index contributed by atoms with van der Waals surface area (Å²) in [5.74, 6) is -5.79. The van der Waals surface area contributed by atoms with Crippen LogP contribution in [0.15, 0.2) is 42.5 Å². The van der Waals surface area contributed by atoms with Crippen LogP contribution in [0.2, 0.25) is 0 Å². The number of nitrogens with one attached hydrogen (secondary N) is 1. The molecule has 0 unspecified atom stereocenters. The molecule has 0 saturated carbocycles. The van der Waals surface area contributed by atoms with E-state index in [-0.39, 0.29) is 18.2 Å². The molecule has 4 rings (SSSR count). The lowest BCUT2D eigenvalue weighted by molar-refractivity contribution is -0.139. The van der Waals surface area contributed by atoms with Gasteiger partial charge in [-0.1, -0.05) is 35.9 Å². The summed E-state index contributed by atoms with van der Waals surface area (Å²) in [5, 5.41) is 0.292. The Morgan fingerprint density at radius 1 is 0.775 bits per heavy atom. The van der Waals surface area contributed by atoms with Crippen molar-refractivity contribution in [3.05, 3.63) is 64.8 Å². The second-order valence-corrected chi connectivity index (χ2v) is 8.67. The van der Waals surface area contributed by atoms with Crippen molar-refractivity contribution in [3.63, 3.8) is 0 Å². The van der Waals surface area contributed by atoms with Crippen molar-refractivity contribution in [1.82, 2.24) is 9.97 Å². The van der Waals surface area contributed by atoms with Crippen molar-refractivity contribution in [2.45, 2.75) is 32.4 Å². The quantitative estimate of drug-likeness (QED) is 0.151. The van der Waals surface area contributed by atoms with Gasteiger partial charge in [0.05, 0.1) is 16.8 Å². The van der Waals surface area contributed by atoms with Gasteiger partial charge in [-0.2, -0.15) is 39.5 Å². The summed E-state index contributed by atoms with van der Waals surface area (Å²) in [6, 6.07) is 7.43. The number of fused-ring (bicyclic) bond motifs is 3. The highest BCUT2D eigenvalue weighted by atomic mass is 19.4. The second-order valence-electron chi connectivity index (χ2n) is 8.67. The van der Waals surface area contributed by atoms with Gasteiger partial charge in [0.15, 0.2) is 11.5 Å². The summed E-state index contributed by atoms with van der Waals surface area (Å²) < 4.78 is 123. The van der Waals surface area contributed by atoms with E-state index in [0.29, 0.717) is 0 Å². The largest absolute Gasteiger partial charge is 0.454 e. The molecule has 0 atom stereocenters. The molecule has 0 saturated heterocycles. The molecule has 0 fully saturated rings. The van der Waals surface area contributed by atoms with E-state index in [1.807, 2.05) is 0 Å². The van der Waals surface area contributed by atoms with E-state index >= 15 is 0 Å². The first kappa shape index (κ1) is 28.8. The fourth-order valence-electron chi connectivity index (χ4n) is 4.19. The van der Waals surface area contributed by atoms with Gasteiger partial charge in [0.25, 0.3) is 11.6 Å². The van der Waals surface area contributed by atoms with E-state index in [9.17, 15) is 49.1 Å². The number of nitrogens with zero attached hydrogens (tertiary/aromatic N) is 2. The van der Waals surface area contributed by atoms with E-state index in [4.69, 9.17) is 0 Å². The van der Waals surface area contributed by atoms with Gasteiger partial charge in [-0.05, 0) is 26.0 Å². The third kappa shape index (κ3) is 5.17. The first-order valence-corrected chi connectivity index (χ1v) is 11.4. The summed E-state index contributed by atoms with van der Waals surface area (Å²) in [6.45, 7) is 2.96. The Morgan fingerprint density at radius 2 is 1.32 bits per heavy atom. The highest BCUT2D eigenvalue weighted by Crippen LogP contribution is 2.42. The zero-order valence-corrected chi connectivity index (χ0v) is 20.4. The van der Waals surface area contributed by atoms with Crippen molar-refractivity contribution in [1.29, 1.82) is 0 Å². The van der Waals surface area contributed by atoms with Gasteiger partial charge in [-0.25, -0.2) is 9.97 Å². The fraction of sp³-hybridized carbons (Fsp3) is 0.231. The van der Waals surface area contributed by atoms with E-state index in [0.717, 1.165) is 17.7 Å². The Bertz CT molecular complexity index is 1660. The number of aromatic nitrogens is 2. The standard InChI is InChI=1S/C26H16F9N3O2/c1-3-36-18-13-8-9-14-19(37-23(38-20(14)24(27,28)29)12-6-4-11(2)5-7-12)17(13)15(21(39)25(30,31)32)10-16(18)22(40)26(33,34)35/h4-10,36H,3H2,1-2H3. The molecule has 210 valence electrons. The second kappa shape index (κ2) is 9.75. The topological polar surface area (TPSA) is 72.0 Å². The van der Waals surface area contributed by atoms with Crippen LogP contribution in [0.4, 0.5) is 45.2 Å². The minimum Gasteiger partial charge on any atom is -0.384 e. The van der Waals surface area contributed by atoms with Crippen LogP contribution in [0, 0.1) is 6.92 Å². The Labute approximate surface area is 219 Å². The number of alkyl halides is 9. The third-order valence-corrected chi connectivity index (χ3v) is 5.90. The molecule has 1 N–H and O–H groups in total. The summed E-state index contributed by atoms with van der Waals surface area (Å²) >= 11 is 0. The molecule has 0 aliphatic heterocycles. The zero-order valence-electron chi connectivity index (χ0n) is 20.4. The Morgan fingerprint density at radius 3 is 1.85 bits per heavy atom. The number of benzene rings is 3. The summed E-state index contributed by atoms with van der Waals surface area (Å²) in [6.07, 6.45) is -16.3. The van der Waals surface area contributed by atoms with Gasteiger partial charge in [0, 0.05) is 33.8 Å². The van der Waals surface area contributed by atoms with E-state index in [1.165, 1.54) is 31.2 Å². The predicted molar refractivity (Wildman–Crippen MR) is 127 cm³/mol. The van der Waals surface area contributed by atoms with Crippen LogP contribution in [-0.2, 0) is 6.18 Å². The summed E-state index contributed by atoms with van der Waals surface area (Å²) in [5.41, 5.74) is -4.93. The van der Waals surface area contributed by atoms with Gasteiger partial charge in [0.1, 0.15) is 0 Å². The number of Topliss-reactive ketones (excluding diaryl/α,β-unsaturated/α-hetero) is 2. The fourth-order valence-corrected chi connectivity index (χ4v) is 4.19. The molecule has 0 amide bonds. The van der Waals surface area contributed by atoms with Crippen molar-refractivity contribution in [3.8, 4) is 11.4 Å². The van der Waals surface area contributed by atoms with E-state index in [1.54, 1.807) is 6.92 Å². The molecule has 4 aromatic rings. The van der Waals surface area contributed by atoms with Gasteiger partial charge >= 0.3 is 18.5 Å². The Kier molecular flexibility index (Phi) is 7.01. The van der Waals surface area contributed by atoms with Crippen LogP contribution in [-0.4, -0.2) is 40.4 Å². The third-order valence-electron chi connectivity index (χ3n) is 5.90. The number of carbonyl (C=O) groups excluding carboxylic acids is 2. The monoisotopic (exact) mass is 573 g/mol. The predicted octanol–water partition coefficient (Wildman–Crippen LogP) is 7.70. The number of aryl methyl sites for hydroxylation is 1. The van der Waals surface area contributed by atoms with Gasteiger partial charge in [-0.15, -0.1) is 0 Å². The van der Waals surface area contributed by atoms with E-state index < -0.39 is 80.1 Å². The highest BCUT2D eigenvalue weighted by molar-refractivity contribution is 6.24. The van der Waals surface area contributed by atoms with Gasteiger partial charge in [0.2, 0.25) is 0 Å². The van der Waals surface area contributed by atoms with Crippen molar-refractivity contribution >= 4 is 38.9 Å². The normalized spacial score (nSPS) is 12.7. The molecule has 40 heavy (non-hydrogen) atoms. The van der Waals surface area contributed by atoms with E-state index in [2.05, 4.69) is 15.3 Å². The lowest BCUT2D eigenvalue weighted by Crippen LogP contribution is -2.27. The van der Waals surface area contributed by atoms with Crippen molar-refractivity contribution in [2.75, 3.05) is 11.9 Å². The van der Waals surface area contributed by atoms with Crippen molar-refractivity contribution < 1.29 is 49.1 Å². The number of hydrogen-bond donors (Lipinski definition) is 1. The minimum atomic E-state index is -5.66. The highest BCUT2D eigenvalue weighted by Gasteiger charge is 2.45. The number of rotatable bonds is 5. The number of anilines is 1. The zero-order chi connectivity index (χ0) is 29.8. The molecule has 3 aromatic carbocycles. The molecular weight excluding hydrogens is 557 g/mol. The molecular formula is C26H16F9N3O2. The average molecular weight is 573 g/mol. The Balaban J connectivity index is 2.28. The van der Waals surface area contributed by atoms with Crippen LogP contribution in [0.5, 0.6) is 0 Å². The molecule has 0 spiro atoms. The number of halogens is 9. The lowest BCUT2D eigenvalue weighted by atomic mass is 9.91. The maximum atomic E-state index is 14.1. The van der Waals surface area contributed by atoms with Gasteiger partial charge < -0.3 is 5.32 Å². The number of carbonyl (C=O) groups is 2. The average Bonchev–Trinajstić information content (AvgIpc) is 2.86. The summed E-state index contributed by atoms with van der Waals surface area (Å²) in [4.78, 5) is 32.3. The molecule has 1 heterocycles. The lowest BCUT2D eigenvalue weighted by Gasteiger charge is -2.20. The van der Waals surface area contributed by atoms with Crippen LogP contribution in [0.1, 0.15) is 38.9 Å². The smallest absolute Gasteiger partial charge is 0.384 e.